The SMILES string of the molecule is CN1CCC(Nc2cccc3c(=O)[nH][nH]c(=O)c23)CC1. The van der Waals surface area contributed by atoms with Gasteiger partial charge >= 0.3 is 0 Å². The monoisotopic (exact) mass is 274 g/mol. The molecule has 1 aromatic heterocycles. The van der Waals surface area contributed by atoms with E-state index in [1.807, 2.05) is 6.07 Å². The maximum Gasteiger partial charge on any atom is 0.272 e. The van der Waals surface area contributed by atoms with Gasteiger partial charge in [-0.3, -0.25) is 19.8 Å². The van der Waals surface area contributed by atoms with Crippen molar-refractivity contribution in [3.63, 3.8) is 0 Å². The summed E-state index contributed by atoms with van der Waals surface area (Å²) < 4.78 is 0. The molecule has 1 aromatic carbocycles. The van der Waals surface area contributed by atoms with Gasteiger partial charge in [-0.2, -0.15) is 0 Å². The number of benzene rings is 1. The lowest BCUT2D eigenvalue weighted by molar-refractivity contribution is 0.264. The van der Waals surface area contributed by atoms with Crippen LogP contribution in [-0.2, 0) is 0 Å². The Hall–Kier alpha value is -2.08. The summed E-state index contributed by atoms with van der Waals surface area (Å²) in [4.78, 5) is 26.0. The molecule has 6 nitrogen and oxygen atoms in total. The van der Waals surface area contributed by atoms with Crippen molar-refractivity contribution < 1.29 is 0 Å². The summed E-state index contributed by atoms with van der Waals surface area (Å²) >= 11 is 0. The number of fused-ring (bicyclic) bond motifs is 1. The third-order valence-corrected chi connectivity index (χ3v) is 3.90. The second kappa shape index (κ2) is 5.13. The van der Waals surface area contributed by atoms with E-state index in [0.29, 0.717) is 16.8 Å². The van der Waals surface area contributed by atoms with Gasteiger partial charge < -0.3 is 10.2 Å². The quantitative estimate of drug-likeness (QED) is 0.754. The molecule has 0 radical (unpaired) electrons. The molecule has 3 N–H and O–H groups in total. The minimum Gasteiger partial charge on any atom is -0.382 e. The third-order valence-electron chi connectivity index (χ3n) is 3.90. The number of H-pyrrole nitrogens is 2. The third kappa shape index (κ3) is 2.34. The van der Waals surface area contributed by atoms with E-state index in [9.17, 15) is 9.59 Å². The Morgan fingerprint density at radius 2 is 1.85 bits per heavy atom. The fraction of sp³-hybridized carbons (Fsp3) is 0.429. The highest BCUT2D eigenvalue weighted by molar-refractivity contribution is 5.92. The topological polar surface area (TPSA) is 81.0 Å². The first-order valence-corrected chi connectivity index (χ1v) is 6.84. The molecule has 0 bridgehead atoms. The molecule has 6 heteroatoms. The summed E-state index contributed by atoms with van der Waals surface area (Å²) in [6, 6.07) is 5.67. The molecule has 2 aromatic rings. The lowest BCUT2D eigenvalue weighted by Crippen LogP contribution is -2.37. The number of anilines is 1. The molecule has 106 valence electrons. The van der Waals surface area contributed by atoms with E-state index >= 15 is 0 Å². The number of piperidine rings is 1. The first-order valence-electron chi connectivity index (χ1n) is 6.84. The van der Waals surface area contributed by atoms with Crippen molar-refractivity contribution in [3.05, 3.63) is 38.9 Å². The van der Waals surface area contributed by atoms with Gasteiger partial charge in [0.2, 0.25) is 0 Å². The lowest BCUT2D eigenvalue weighted by Gasteiger charge is -2.30. The molecule has 1 aliphatic heterocycles. The summed E-state index contributed by atoms with van der Waals surface area (Å²) in [5.41, 5.74) is 0.201. The van der Waals surface area contributed by atoms with Gasteiger partial charge in [-0.1, -0.05) is 6.07 Å². The zero-order valence-corrected chi connectivity index (χ0v) is 11.4. The van der Waals surface area contributed by atoms with Crippen molar-refractivity contribution in [2.24, 2.45) is 0 Å². The van der Waals surface area contributed by atoms with Crippen LogP contribution in [0.15, 0.2) is 27.8 Å². The number of aromatic nitrogens is 2. The van der Waals surface area contributed by atoms with Crippen LogP contribution in [0.5, 0.6) is 0 Å². The minimum absolute atomic E-state index is 0.268. The molecule has 1 aliphatic rings. The van der Waals surface area contributed by atoms with Crippen LogP contribution in [0.2, 0.25) is 0 Å². The molecular weight excluding hydrogens is 256 g/mol. The predicted octanol–water partition coefficient (Wildman–Crippen LogP) is 0.723. The highest BCUT2D eigenvalue weighted by Gasteiger charge is 2.18. The molecule has 3 rings (SSSR count). The normalized spacial score (nSPS) is 17.4. The van der Waals surface area contributed by atoms with Gasteiger partial charge in [0.25, 0.3) is 11.1 Å². The second-order valence-electron chi connectivity index (χ2n) is 5.36. The van der Waals surface area contributed by atoms with E-state index in [1.165, 1.54) is 0 Å². The van der Waals surface area contributed by atoms with E-state index < -0.39 is 0 Å². The van der Waals surface area contributed by atoms with Crippen LogP contribution in [0.3, 0.4) is 0 Å². The highest BCUT2D eigenvalue weighted by atomic mass is 16.1. The summed E-state index contributed by atoms with van der Waals surface area (Å²) in [7, 11) is 2.11. The first kappa shape index (κ1) is 12.9. The van der Waals surface area contributed by atoms with E-state index in [-0.39, 0.29) is 11.1 Å². The molecule has 0 aliphatic carbocycles. The van der Waals surface area contributed by atoms with Gasteiger partial charge in [-0.25, -0.2) is 0 Å². The smallest absolute Gasteiger partial charge is 0.272 e. The van der Waals surface area contributed by atoms with E-state index in [1.54, 1.807) is 12.1 Å². The number of nitrogens with one attached hydrogen (secondary N) is 3. The minimum atomic E-state index is -0.272. The zero-order valence-electron chi connectivity index (χ0n) is 11.4. The highest BCUT2D eigenvalue weighted by Crippen LogP contribution is 2.20. The van der Waals surface area contributed by atoms with E-state index in [2.05, 4.69) is 27.5 Å². The number of nitrogens with zero attached hydrogens (tertiary/aromatic N) is 1. The van der Waals surface area contributed by atoms with Crippen LogP contribution in [0, 0.1) is 0 Å². The van der Waals surface area contributed by atoms with Crippen molar-refractivity contribution in [1.29, 1.82) is 0 Å². The standard InChI is InChI=1S/C14H18N4O2/c1-18-7-5-9(6-8-18)15-11-4-2-3-10-12(11)14(20)17-16-13(10)19/h2-4,9,15H,5-8H2,1H3,(H,16,19)(H,17,20). The summed E-state index contributed by atoms with van der Waals surface area (Å²) in [6.45, 7) is 2.08. The van der Waals surface area contributed by atoms with Gasteiger partial charge in [0.15, 0.2) is 0 Å². The number of aromatic amines is 2. The van der Waals surface area contributed by atoms with E-state index in [4.69, 9.17) is 0 Å². The Bertz CT molecular complexity index is 726. The average molecular weight is 274 g/mol. The van der Waals surface area contributed by atoms with Crippen LogP contribution in [0.25, 0.3) is 10.8 Å². The maximum absolute atomic E-state index is 12.0. The Morgan fingerprint density at radius 3 is 2.60 bits per heavy atom. The summed E-state index contributed by atoms with van der Waals surface area (Å²) in [5.74, 6) is 0. The Kier molecular flexibility index (Phi) is 3.31. The van der Waals surface area contributed by atoms with Crippen molar-refractivity contribution >= 4 is 16.5 Å². The van der Waals surface area contributed by atoms with Crippen molar-refractivity contribution in [2.45, 2.75) is 18.9 Å². The molecule has 20 heavy (non-hydrogen) atoms. The van der Waals surface area contributed by atoms with Gasteiger partial charge in [0.05, 0.1) is 10.8 Å². The zero-order chi connectivity index (χ0) is 14.1. The molecule has 0 unspecified atom stereocenters. The van der Waals surface area contributed by atoms with Crippen molar-refractivity contribution in [2.75, 3.05) is 25.5 Å². The molecule has 2 heterocycles. The molecule has 0 amide bonds. The summed E-state index contributed by atoms with van der Waals surface area (Å²) in [5, 5.41) is 9.01. The van der Waals surface area contributed by atoms with Crippen molar-refractivity contribution in [1.82, 2.24) is 15.1 Å². The Balaban J connectivity index is 1.98. The number of hydrogen-bond donors (Lipinski definition) is 3. The molecule has 0 spiro atoms. The molecule has 0 atom stereocenters. The lowest BCUT2D eigenvalue weighted by atomic mass is 10.0. The Labute approximate surface area is 115 Å². The molecule has 1 fully saturated rings. The van der Waals surface area contributed by atoms with Gasteiger partial charge in [0.1, 0.15) is 0 Å². The van der Waals surface area contributed by atoms with Gasteiger partial charge in [-0.15, -0.1) is 0 Å². The van der Waals surface area contributed by atoms with Crippen molar-refractivity contribution in [3.8, 4) is 0 Å². The molecule has 1 saturated heterocycles. The fourth-order valence-electron chi connectivity index (χ4n) is 2.72. The second-order valence-corrected chi connectivity index (χ2v) is 5.36. The van der Waals surface area contributed by atoms with Crippen LogP contribution in [0.1, 0.15) is 12.8 Å². The van der Waals surface area contributed by atoms with Crippen LogP contribution >= 0.6 is 0 Å². The first-order chi connectivity index (χ1) is 9.65. The van der Waals surface area contributed by atoms with Crippen LogP contribution in [-0.4, -0.2) is 41.3 Å². The van der Waals surface area contributed by atoms with Gasteiger partial charge in [-0.05, 0) is 45.1 Å². The molecule has 0 saturated carbocycles. The van der Waals surface area contributed by atoms with Crippen LogP contribution in [0.4, 0.5) is 5.69 Å². The number of rotatable bonds is 2. The summed E-state index contributed by atoms with van der Waals surface area (Å²) in [6.07, 6.45) is 2.07. The maximum atomic E-state index is 12.0. The fourth-order valence-corrected chi connectivity index (χ4v) is 2.72. The number of likely N-dealkylation sites (tertiary alicyclic amines) is 1. The Morgan fingerprint density at radius 1 is 1.15 bits per heavy atom. The van der Waals surface area contributed by atoms with E-state index in [0.717, 1.165) is 31.6 Å². The number of hydrogen-bond acceptors (Lipinski definition) is 4. The largest absolute Gasteiger partial charge is 0.382 e. The van der Waals surface area contributed by atoms with Crippen LogP contribution < -0.4 is 16.4 Å². The average Bonchev–Trinajstić information content (AvgIpc) is 2.46. The molecular formula is C14H18N4O2. The van der Waals surface area contributed by atoms with Gasteiger partial charge in [0, 0.05) is 11.7 Å². The predicted molar refractivity (Wildman–Crippen MR) is 79.3 cm³/mol.